The van der Waals surface area contributed by atoms with Crippen molar-refractivity contribution >= 4 is 28.7 Å². The van der Waals surface area contributed by atoms with Gasteiger partial charge >= 0.3 is 0 Å². The van der Waals surface area contributed by atoms with Gasteiger partial charge in [-0.25, -0.2) is 0 Å². The Morgan fingerprint density at radius 2 is 1.86 bits per heavy atom. The molecule has 0 spiro atoms. The summed E-state index contributed by atoms with van der Waals surface area (Å²) < 4.78 is 0. The lowest BCUT2D eigenvalue weighted by molar-refractivity contribution is 0.541. The van der Waals surface area contributed by atoms with Gasteiger partial charge < -0.3 is 15.5 Å². The number of hydrogen-bond donors (Lipinski definition) is 1. The first-order valence-electron chi connectivity index (χ1n) is 7.69. The van der Waals surface area contributed by atoms with Crippen LogP contribution in [0, 0.1) is 0 Å². The summed E-state index contributed by atoms with van der Waals surface area (Å²) in [6, 6.07) is 14.7. The average Bonchev–Trinajstić information content (AvgIpc) is 2.60. The van der Waals surface area contributed by atoms with Gasteiger partial charge in [-0.15, -0.1) is 0 Å². The number of nitrogens with zero attached hydrogens (tertiary/aromatic N) is 2. The molecule has 2 N–H and O–H groups in total. The van der Waals surface area contributed by atoms with Gasteiger partial charge in [-0.2, -0.15) is 0 Å². The highest BCUT2D eigenvalue weighted by Gasteiger charge is 2.32. The molecule has 3 rings (SSSR count). The number of rotatable bonds is 2. The Kier molecular flexibility index (Phi) is 4.02. The lowest BCUT2D eigenvalue weighted by Gasteiger charge is -2.35. The molecule has 0 amide bonds. The van der Waals surface area contributed by atoms with Gasteiger partial charge in [-0.1, -0.05) is 29.8 Å². The van der Waals surface area contributed by atoms with Crippen molar-refractivity contribution in [2.75, 3.05) is 23.4 Å². The van der Waals surface area contributed by atoms with E-state index in [1.54, 1.807) is 0 Å². The van der Waals surface area contributed by atoms with Crippen molar-refractivity contribution in [1.82, 2.24) is 0 Å². The van der Waals surface area contributed by atoms with Crippen LogP contribution in [0.5, 0.6) is 0 Å². The molecule has 2 atom stereocenters. The second kappa shape index (κ2) is 5.82. The molecule has 22 heavy (non-hydrogen) atoms. The molecule has 0 unspecified atom stereocenters. The fraction of sp³-hybridized carbons (Fsp3) is 0.333. The Balaban J connectivity index is 2.31. The maximum Gasteiger partial charge on any atom is 0.0711 e. The molecule has 0 aromatic heterocycles. The number of fused-ring (bicyclic) bond motifs is 2. The van der Waals surface area contributed by atoms with Crippen LogP contribution < -0.4 is 15.5 Å². The third-order valence-corrected chi connectivity index (χ3v) is 4.63. The van der Waals surface area contributed by atoms with Crippen LogP contribution in [-0.4, -0.2) is 19.6 Å². The Morgan fingerprint density at radius 3 is 2.55 bits per heavy atom. The zero-order valence-electron chi connectivity index (χ0n) is 13.3. The molecule has 0 saturated carbocycles. The van der Waals surface area contributed by atoms with E-state index in [0.717, 1.165) is 22.9 Å². The Bertz CT molecular complexity index is 684. The summed E-state index contributed by atoms with van der Waals surface area (Å²) in [7, 11) is 2.10. The smallest absolute Gasteiger partial charge is 0.0711 e. The second-order valence-electron chi connectivity index (χ2n) is 5.84. The summed E-state index contributed by atoms with van der Waals surface area (Å²) in [5.74, 6) is 0. The summed E-state index contributed by atoms with van der Waals surface area (Å²) in [5, 5.41) is 0.750. The standard InChI is InChI=1S/C18H22ClN3/c1-4-22-17-11-13(19)9-10-16(17)21(3)15-8-6-5-7-14(15)18(22)12(2)20/h5-12,18H,4,20H2,1-3H3/t12-,18-/m0/s1. The summed E-state index contributed by atoms with van der Waals surface area (Å²) in [4.78, 5) is 4.58. The van der Waals surface area contributed by atoms with Crippen LogP contribution in [0.25, 0.3) is 0 Å². The van der Waals surface area contributed by atoms with E-state index in [2.05, 4.69) is 61.0 Å². The van der Waals surface area contributed by atoms with Crippen molar-refractivity contribution in [1.29, 1.82) is 0 Å². The Labute approximate surface area is 137 Å². The van der Waals surface area contributed by atoms with Crippen LogP contribution in [0.3, 0.4) is 0 Å². The number of nitrogens with two attached hydrogens (primary N) is 1. The maximum absolute atomic E-state index is 6.36. The first-order chi connectivity index (χ1) is 10.5. The van der Waals surface area contributed by atoms with Crippen molar-refractivity contribution in [2.45, 2.75) is 25.9 Å². The first-order valence-corrected chi connectivity index (χ1v) is 8.06. The molecule has 0 aliphatic carbocycles. The number of anilines is 3. The zero-order chi connectivity index (χ0) is 15.9. The fourth-order valence-corrected chi connectivity index (χ4v) is 3.60. The van der Waals surface area contributed by atoms with Crippen LogP contribution in [0.4, 0.5) is 17.1 Å². The van der Waals surface area contributed by atoms with Crippen LogP contribution in [0.2, 0.25) is 5.02 Å². The largest absolute Gasteiger partial charge is 0.361 e. The fourth-order valence-electron chi connectivity index (χ4n) is 3.43. The SMILES string of the molecule is CCN1c2cc(Cl)ccc2N(C)c2ccccc2[C@@H]1[C@H](C)N. The second-order valence-corrected chi connectivity index (χ2v) is 6.28. The van der Waals surface area contributed by atoms with Gasteiger partial charge in [0.2, 0.25) is 0 Å². The van der Waals surface area contributed by atoms with E-state index in [4.69, 9.17) is 17.3 Å². The molecule has 1 aliphatic heterocycles. The molecule has 116 valence electrons. The highest BCUT2D eigenvalue weighted by atomic mass is 35.5. The third kappa shape index (κ3) is 2.34. The summed E-state index contributed by atoms with van der Waals surface area (Å²) in [6.45, 7) is 5.11. The van der Waals surface area contributed by atoms with E-state index >= 15 is 0 Å². The highest BCUT2D eigenvalue weighted by Crippen LogP contribution is 2.45. The molecule has 0 bridgehead atoms. The molecule has 1 aliphatic rings. The van der Waals surface area contributed by atoms with Gasteiger partial charge in [-0.3, -0.25) is 0 Å². The number of para-hydroxylation sites is 1. The number of hydrogen-bond acceptors (Lipinski definition) is 3. The molecule has 1 heterocycles. The monoisotopic (exact) mass is 315 g/mol. The molecule has 0 saturated heterocycles. The third-order valence-electron chi connectivity index (χ3n) is 4.40. The van der Waals surface area contributed by atoms with Crippen molar-refractivity contribution in [3.63, 3.8) is 0 Å². The number of halogens is 1. The van der Waals surface area contributed by atoms with Gasteiger partial charge in [0.15, 0.2) is 0 Å². The summed E-state index contributed by atoms with van der Waals surface area (Å²) in [5.41, 5.74) is 11.1. The number of benzene rings is 2. The molecule has 0 radical (unpaired) electrons. The van der Waals surface area contributed by atoms with E-state index in [-0.39, 0.29) is 12.1 Å². The minimum atomic E-state index is 0.0134. The summed E-state index contributed by atoms with van der Waals surface area (Å²) in [6.07, 6.45) is 0. The van der Waals surface area contributed by atoms with Crippen molar-refractivity contribution < 1.29 is 0 Å². The van der Waals surface area contributed by atoms with Crippen LogP contribution in [0.1, 0.15) is 25.5 Å². The first kappa shape index (κ1) is 15.2. The van der Waals surface area contributed by atoms with Gasteiger partial charge in [0.05, 0.1) is 17.4 Å². The zero-order valence-corrected chi connectivity index (χ0v) is 14.0. The van der Waals surface area contributed by atoms with Crippen LogP contribution in [-0.2, 0) is 0 Å². The molecule has 2 aromatic rings. The van der Waals surface area contributed by atoms with Gasteiger partial charge in [0, 0.05) is 30.3 Å². The van der Waals surface area contributed by atoms with Crippen LogP contribution >= 0.6 is 11.6 Å². The predicted octanol–water partition coefficient (Wildman–Crippen LogP) is 4.34. The van der Waals surface area contributed by atoms with Crippen molar-refractivity contribution in [3.8, 4) is 0 Å². The van der Waals surface area contributed by atoms with E-state index in [1.807, 2.05) is 12.1 Å². The lowest BCUT2D eigenvalue weighted by Crippen LogP contribution is -2.39. The lowest BCUT2D eigenvalue weighted by atomic mass is 9.97. The van der Waals surface area contributed by atoms with Crippen LogP contribution in [0.15, 0.2) is 42.5 Å². The molecular weight excluding hydrogens is 294 g/mol. The Morgan fingerprint density at radius 1 is 1.14 bits per heavy atom. The van der Waals surface area contributed by atoms with Crippen molar-refractivity contribution in [2.24, 2.45) is 5.73 Å². The van der Waals surface area contributed by atoms with E-state index in [9.17, 15) is 0 Å². The minimum absolute atomic E-state index is 0.0134. The normalized spacial score (nSPS) is 18.5. The topological polar surface area (TPSA) is 32.5 Å². The van der Waals surface area contributed by atoms with E-state index in [1.165, 1.54) is 11.3 Å². The molecule has 3 nitrogen and oxygen atoms in total. The molecule has 2 aromatic carbocycles. The number of likely N-dealkylation sites (N-methyl/N-ethyl adjacent to an activating group) is 1. The quantitative estimate of drug-likeness (QED) is 0.895. The van der Waals surface area contributed by atoms with Crippen molar-refractivity contribution in [3.05, 3.63) is 53.1 Å². The van der Waals surface area contributed by atoms with Gasteiger partial charge in [0.25, 0.3) is 0 Å². The van der Waals surface area contributed by atoms with E-state index in [0.29, 0.717) is 0 Å². The average molecular weight is 316 g/mol. The molecule has 4 heteroatoms. The van der Waals surface area contributed by atoms with Gasteiger partial charge in [-0.05, 0) is 43.7 Å². The highest BCUT2D eigenvalue weighted by molar-refractivity contribution is 6.31. The Hall–Kier alpha value is -1.71. The predicted molar refractivity (Wildman–Crippen MR) is 95.4 cm³/mol. The minimum Gasteiger partial charge on any atom is -0.361 e. The molecular formula is C18H22ClN3. The summed E-state index contributed by atoms with van der Waals surface area (Å²) >= 11 is 6.26. The van der Waals surface area contributed by atoms with Gasteiger partial charge in [0.1, 0.15) is 0 Å². The van der Waals surface area contributed by atoms with E-state index < -0.39 is 0 Å². The maximum atomic E-state index is 6.36. The molecule has 0 fully saturated rings.